The molecule has 2 aromatic rings. The Morgan fingerprint density at radius 2 is 1.76 bits per heavy atom. The lowest BCUT2D eigenvalue weighted by Gasteiger charge is -2.29. The largest absolute Gasteiger partial charge is 0.417 e. The molecule has 0 saturated carbocycles. The van der Waals surface area contributed by atoms with Crippen molar-refractivity contribution in [1.82, 2.24) is 4.98 Å². The number of thiocarbonyl (C=S) groups is 1. The molecule has 2 aliphatic rings. The highest BCUT2D eigenvalue weighted by Gasteiger charge is 2.50. The minimum Gasteiger partial charge on any atom is -0.381 e. The Bertz CT molecular complexity index is 1140. The number of pyridine rings is 1. The molecule has 0 atom stereocenters. The molecule has 3 heterocycles. The van der Waals surface area contributed by atoms with E-state index < -0.39 is 28.7 Å². The lowest BCUT2D eigenvalue weighted by molar-refractivity contribution is -0.137. The zero-order valence-electron chi connectivity index (χ0n) is 17.9. The van der Waals surface area contributed by atoms with Crippen molar-refractivity contribution in [2.24, 2.45) is 0 Å². The van der Waals surface area contributed by atoms with Crippen LogP contribution in [0.3, 0.4) is 0 Å². The van der Waals surface area contributed by atoms with Gasteiger partial charge in [-0.25, -0.2) is 0 Å². The van der Waals surface area contributed by atoms with Crippen LogP contribution < -0.4 is 15.4 Å². The summed E-state index contributed by atoms with van der Waals surface area (Å²) in [5, 5.41) is 8.90. The SMILES string of the molecule is C1CCOC1.CC1(C)C(=O)N(c2ccc(C#N)c(C(F)(F)F)c2)C(=S)N1c1ccc(=O)[nH]c1. The van der Waals surface area contributed by atoms with Gasteiger partial charge in [0.1, 0.15) is 5.54 Å². The molecule has 0 unspecified atom stereocenters. The number of hydrogen-bond acceptors (Lipinski definition) is 5. The van der Waals surface area contributed by atoms with Crippen molar-refractivity contribution in [3.05, 3.63) is 58.0 Å². The molecule has 2 saturated heterocycles. The van der Waals surface area contributed by atoms with Gasteiger partial charge in [-0.15, -0.1) is 0 Å². The second-order valence-corrected chi connectivity index (χ2v) is 8.25. The van der Waals surface area contributed by atoms with Crippen LogP contribution in [0.2, 0.25) is 0 Å². The summed E-state index contributed by atoms with van der Waals surface area (Å²) >= 11 is 5.38. The summed E-state index contributed by atoms with van der Waals surface area (Å²) in [6, 6.07) is 7.19. The Morgan fingerprint density at radius 3 is 2.24 bits per heavy atom. The van der Waals surface area contributed by atoms with Crippen LogP contribution in [0.25, 0.3) is 0 Å². The minimum absolute atomic E-state index is 0.0418. The number of benzene rings is 1. The molecule has 33 heavy (non-hydrogen) atoms. The van der Waals surface area contributed by atoms with Crippen LogP contribution in [-0.4, -0.2) is 34.8 Å². The molecule has 4 rings (SSSR count). The molecule has 0 radical (unpaired) electrons. The van der Waals surface area contributed by atoms with Crippen LogP contribution in [0.15, 0.2) is 41.3 Å². The first kappa shape index (κ1) is 24.4. The highest BCUT2D eigenvalue weighted by atomic mass is 32.1. The van der Waals surface area contributed by atoms with E-state index >= 15 is 0 Å². The first-order chi connectivity index (χ1) is 15.5. The average molecular weight is 478 g/mol. The number of aromatic nitrogens is 1. The zero-order chi connectivity index (χ0) is 24.4. The van der Waals surface area contributed by atoms with Gasteiger partial charge in [0.25, 0.3) is 5.91 Å². The molecule has 11 heteroatoms. The van der Waals surface area contributed by atoms with Crippen LogP contribution in [0.4, 0.5) is 24.5 Å². The number of carbonyl (C=O) groups excluding carboxylic acids is 1. The van der Waals surface area contributed by atoms with Gasteiger partial charge in [0.15, 0.2) is 5.11 Å². The number of nitriles is 1. The number of carbonyl (C=O) groups is 1. The Kier molecular flexibility index (Phi) is 6.90. The average Bonchev–Trinajstić information content (AvgIpc) is 3.39. The molecule has 1 aromatic carbocycles. The number of alkyl halides is 3. The maximum atomic E-state index is 13.3. The summed E-state index contributed by atoms with van der Waals surface area (Å²) in [6.07, 6.45) is -0.841. The van der Waals surface area contributed by atoms with Gasteiger partial charge in [0, 0.05) is 25.5 Å². The number of anilines is 2. The number of hydrogen-bond donors (Lipinski definition) is 1. The predicted octanol–water partition coefficient (Wildman–Crippen LogP) is 3.98. The van der Waals surface area contributed by atoms with E-state index in [1.54, 1.807) is 13.8 Å². The second-order valence-electron chi connectivity index (χ2n) is 7.89. The molecular formula is C22H21F3N4O3S. The number of ether oxygens (including phenoxy) is 1. The van der Waals surface area contributed by atoms with E-state index in [1.807, 2.05) is 0 Å². The Hall–Kier alpha value is -3.23. The molecule has 1 amide bonds. The maximum absolute atomic E-state index is 13.3. The number of H-pyrrole nitrogens is 1. The van der Waals surface area contributed by atoms with Gasteiger partial charge in [0.2, 0.25) is 5.56 Å². The second kappa shape index (κ2) is 9.33. The third-order valence-electron chi connectivity index (χ3n) is 5.21. The van der Waals surface area contributed by atoms with E-state index in [0.29, 0.717) is 5.69 Å². The van der Waals surface area contributed by atoms with E-state index in [2.05, 4.69) is 4.98 Å². The molecule has 2 aliphatic heterocycles. The van der Waals surface area contributed by atoms with E-state index in [-0.39, 0.29) is 16.4 Å². The summed E-state index contributed by atoms with van der Waals surface area (Å²) in [4.78, 5) is 29.2. The molecule has 1 N–H and O–H groups in total. The summed E-state index contributed by atoms with van der Waals surface area (Å²) < 4.78 is 44.8. The quantitative estimate of drug-likeness (QED) is 0.657. The first-order valence-electron chi connectivity index (χ1n) is 10.0. The maximum Gasteiger partial charge on any atom is 0.417 e. The van der Waals surface area contributed by atoms with E-state index in [9.17, 15) is 22.8 Å². The van der Waals surface area contributed by atoms with Crippen molar-refractivity contribution < 1.29 is 22.7 Å². The molecule has 2 fully saturated rings. The van der Waals surface area contributed by atoms with Gasteiger partial charge in [-0.3, -0.25) is 14.5 Å². The van der Waals surface area contributed by atoms with Gasteiger partial charge >= 0.3 is 6.18 Å². The van der Waals surface area contributed by atoms with E-state index in [1.165, 1.54) is 48.2 Å². The zero-order valence-corrected chi connectivity index (χ0v) is 18.7. The third kappa shape index (κ3) is 4.91. The highest BCUT2D eigenvalue weighted by molar-refractivity contribution is 7.81. The fraction of sp³-hybridized carbons (Fsp3) is 0.364. The van der Waals surface area contributed by atoms with Crippen LogP contribution in [0.1, 0.15) is 37.8 Å². The van der Waals surface area contributed by atoms with Gasteiger partial charge in [-0.2, -0.15) is 18.4 Å². The standard InChI is InChI=1S/C18H13F3N4O2S.C4H8O/c1-17(2)15(27)24(16(28)25(17)12-5-6-14(26)23-9-12)11-4-3-10(8-22)13(7-11)18(19,20)21;1-2-4-5-3-1/h3-7,9H,1-2H3,(H,23,26);1-4H2. The molecule has 1 aromatic heterocycles. The molecular weight excluding hydrogens is 457 g/mol. The number of nitrogens with zero attached hydrogens (tertiary/aromatic N) is 3. The molecule has 174 valence electrons. The predicted molar refractivity (Wildman–Crippen MR) is 120 cm³/mol. The Morgan fingerprint density at radius 1 is 1.12 bits per heavy atom. The first-order valence-corrected chi connectivity index (χ1v) is 10.5. The Balaban J connectivity index is 0.000000541. The fourth-order valence-corrected chi connectivity index (χ4v) is 4.03. The lowest BCUT2D eigenvalue weighted by Crippen LogP contribution is -2.44. The van der Waals surface area contributed by atoms with Gasteiger partial charge in [-0.1, -0.05) is 0 Å². The van der Waals surface area contributed by atoms with Gasteiger partial charge in [-0.05, 0) is 63.2 Å². The van der Waals surface area contributed by atoms with Gasteiger partial charge < -0.3 is 14.6 Å². The number of amides is 1. The van der Waals surface area contributed by atoms with Crippen LogP contribution in [0.5, 0.6) is 0 Å². The monoisotopic (exact) mass is 478 g/mol. The van der Waals surface area contributed by atoms with Crippen molar-refractivity contribution in [3.8, 4) is 6.07 Å². The van der Waals surface area contributed by atoms with Crippen molar-refractivity contribution in [2.45, 2.75) is 38.4 Å². The summed E-state index contributed by atoms with van der Waals surface area (Å²) in [6.45, 7) is 5.14. The third-order valence-corrected chi connectivity index (χ3v) is 5.57. The molecule has 0 spiro atoms. The molecule has 0 aliphatic carbocycles. The Labute approximate surface area is 193 Å². The number of rotatable bonds is 2. The summed E-state index contributed by atoms with van der Waals surface area (Å²) in [5.41, 5.74) is -2.94. The summed E-state index contributed by atoms with van der Waals surface area (Å²) in [5.74, 6) is -0.540. The van der Waals surface area contributed by atoms with Crippen LogP contribution >= 0.6 is 12.2 Å². The normalized spacial score (nSPS) is 17.6. The van der Waals surface area contributed by atoms with Gasteiger partial charge in [0.05, 0.1) is 28.6 Å². The molecule has 0 bridgehead atoms. The van der Waals surface area contributed by atoms with E-state index in [0.717, 1.165) is 30.2 Å². The van der Waals surface area contributed by atoms with Crippen molar-refractivity contribution in [2.75, 3.05) is 23.0 Å². The molecule has 7 nitrogen and oxygen atoms in total. The van der Waals surface area contributed by atoms with Crippen molar-refractivity contribution >= 4 is 34.6 Å². The lowest BCUT2D eigenvalue weighted by atomic mass is 10.0. The fourth-order valence-electron chi connectivity index (χ4n) is 3.51. The van der Waals surface area contributed by atoms with Crippen molar-refractivity contribution in [3.63, 3.8) is 0 Å². The van der Waals surface area contributed by atoms with Crippen LogP contribution in [0, 0.1) is 11.3 Å². The smallest absolute Gasteiger partial charge is 0.381 e. The topological polar surface area (TPSA) is 89.4 Å². The van der Waals surface area contributed by atoms with E-state index in [4.69, 9.17) is 22.2 Å². The summed E-state index contributed by atoms with van der Waals surface area (Å²) in [7, 11) is 0. The minimum atomic E-state index is -4.76. The number of nitrogens with one attached hydrogen (secondary N) is 1. The van der Waals surface area contributed by atoms with Crippen LogP contribution in [-0.2, 0) is 15.7 Å². The number of halogens is 3. The number of aromatic amines is 1. The van der Waals surface area contributed by atoms with Crippen molar-refractivity contribution in [1.29, 1.82) is 5.26 Å². The highest BCUT2D eigenvalue weighted by Crippen LogP contribution is 2.39.